The zero-order chi connectivity index (χ0) is 6.95. The molecule has 0 unspecified atom stereocenters. The van der Waals surface area contributed by atoms with Crippen molar-refractivity contribution in [3.8, 4) is 0 Å². The van der Waals surface area contributed by atoms with Crippen LogP contribution in [0, 0.1) is 0 Å². The van der Waals surface area contributed by atoms with Gasteiger partial charge in [-0.05, 0) is 13.5 Å². The number of hydrogen-bond acceptors (Lipinski definition) is 3. The highest BCUT2D eigenvalue weighted by molar-refractivity contribution is 7.97. The molecule has 0 rings (SSSR count). The molecule has 0 saturated carbocycles. The Morgan fingerprint density at radius 3 is 2.78 bits per heavy atom. The fraction of sp³-hybridized carbons (Fsp3) is 1.00. The van der Waals surface area contributed by atoms with E-state index in [1.807, 2.05) is 7.05 Å². The summed E-state index contributed by atoms with van der Waals surface area (Å²) in [5, 5.41) is 3.05. The molecule has 0 heterocycles. The maximum Gasteiger partial charge on any atom is 0.0563 e. The van der Waals surface area contributed by atoms with E-state index in [9.17, 15) is 0 Å². The van der Waals surface area contributed by atoms with Crippen LogP contribution in [-0.2, 0) is 0 Å². The van der Waals surface area contributed by atoms with Crippen molar-refractivity contribution in [2.75, 3.05) is 19.5 Å². The van der Waals surface area contributed by atoms with Crippen LogP contribution < -0.4 is 10.0 Å². The third-order valence-electron chi connectivity index (χ3n) is 0.951. The second-order valence-corrected chi connectivity index (χ2v) is 2.76. The third-order valence-corrected chi connectivity index (χ3v) is 1.79. The molecule has 0 saturated heterocycles. The second-order valence-electron chi connectivity index (χ2n) is 1.89. The molecule has 0 radical (unpaired) electrons. The van der Waals surface area contributed by atoms with Crippen LogP contribution in [0.25, 0.3) is 0 Å². The molecule has 0 aromatic rings. The lowest BCUT2D eigenvalue weighted by atomic mass is 10.3. The van der Waals surface area contributed by atoms with Crippen molar-refractivity contribution >= 4 is 11.9 Å². The Labute approximate surface area is 61.9 Å². The molecular weight excluding hydrogens is 132 g/mol. The van der Waals surface area contributed by atoms with Gasteiger partial charge in [-0.2, -0.15) is 0 Å². The summed E-state index contributed by atoms with van der Waals surface area (Å²) in [6.45, 7) is 3.33. The molecule has 9 heavy (non-hydrogen) atoms. The average molecular weight is 148 g/mol. The number of nitrogens with one attached hydrogen (secondary N) is 2. The van der Waals surface area contributed by atoms with Crippen LogP contribution in [0.5, 0.6) is 0 Å². The van der Waals surface area contributed by atoms with Crippen molar-refractivity contribution in [1.29, 1.82) is 0 Å². The van der Waals surface area contributed by atoms with Crippen LogP contribution in [0.15, 0.2) is 0 Å². The molecule has 0 fully saturated rings. The lowest BCUT2D eigenvalue weighted by Crippen LogP contribution is -2.12. The first-order valence-electron chi connectivity index (χ1n) is 3.41. The maximum absolute atomic E-state index is 3.24. The van der Waals surface area contributed by atoms with E-state index in [-0.39, 0.29) is 0 Å². The highest BCUT2D eigenvalue weighted by Crippen LogP contribution is 1.90. The van der Waals surface area contributed by atoms with E-state index in [0.717, 1.165) is 12.4 Å². The third kappa shape index (κ3) is 8.27. The summed E-state index contributed by atoms with van der Waals surface area (Å²) < 4.78 is 3.24. The van der Waals surface area contributed by atoms with Crippen molar-refractivity contribution in [3.05, 3.63) is 0 Å². The molecule has 0 aliphatic heterocycles. The Kier molecular flexibility index (Phi) is 8.52. The minimum atomic E-state index is 0.990. The molecule has 2 N–H and O–H groups in total. The van der Waals surface area contributed by atoms with E-state index in [1.54, 1.807) is 11.9 Å². The number of unbranched alkanes of at least 4 members (excludes halogenated alkanes) is 1. The molecule has 0 aliphatic carbocycles. The average Bonchev–Trinajstić information content (AvgIpc) is 1.89. The Bertz CT molecular complexity index is 44.3. The van der Waals surface area contributed by atoms with Gasteiger partial charge in [-0.3, -0.25) is 4.72 Å². The van der Waals surface area contributed by atoms with Gasteiger partial charge in [-0.15, -0.1) is 0 Å². The molecule has 0 spiro atoms. The van der Waals surface area contributed by atoms with E-state index < -0.39 is 0 Å². The molecule has 3 heteroatoms. The van der Waals surface area contributed by atoms with Gasteiger partial charge in [0.25, 0.3) is 0 Å². The van der Waals surface area contributed by atoms with Gasteiger partial charge in [0.1, 0.15) is 0 Å². The minimum Gasteiger partial charge on any atom is -0.310 e. The molecule has 0 atom stereocenters. The molecular formula is C6H16N2S. The molecule has 0 aromatic carbocycles. The predicted molar refractivity (Wildman–Crippen MR) is 44.4 cm³/mol. The summed E-state index contributed by atoms with van der Waals surface area (Å²) in [6, 6.07) is 0. The van der Waals surface area contributed by atoms with E-state index in [0.29, 0.717) is 0 Å². The lowest BCUT2D eigenvalue weighted by molar-refractivity contribution is 0.774. The molecule has 0 aliphatic rings. The second kappa shape index (κ2) is 8.27. The van der Waals surface area contributed by atoms with E-state index in [2.05, 4.69) is 17.0 Å². The predicted octanol–water partition coefficient (Wildman–Crippen LogP) is 1.20. The van der Waals surface area contributed by atoms with Crippen molar-refractivity contribution < 1.29 is 0 Å². The Balaban J connectivity index is 2.60. The van der Waals surface area contributed by atoms with Gasteiger partial charge in [0, 0.05) is 6.54 Å². The topological polar surface area (TPSA) is 24.1 Å². The summed E-state index contributed by atoms with van der Waals surface area (Å²) in [4.78, 5) is 0. The van der Waals surface area contributed by atoms with Crippen LogP contribution in [0.4, 0.5) is 0 Å². The summed E-state index contributed by atoms with van der Waals surface area (Å²) in [5.41, 5.74) is 0. The number of rotatable bonds is 6. The molecule has 0 bridgehead atoms. The van der Waals surface area contributed by atoms with Gasteiger partial charge in [0.2, 0.25) is 0 Å². The van der Waals surface area contributed by atoms with Crippen molar-refractivity contribution in [2.45, 2.75) is 19.8 Å². The Hall–Kier alpha value is 0.270. The molecule has 56 valence electrons. The van der Waals surface area contributed by atoms with Crippen molar-refractivity contribution in [3.63, 3.8) is 0 Å². The maximum atomic E-state index is 3.24. The van der Waals surface area contributed by atoms with Gasteiger partial charge < -0.3 is 5.32 Å². The summed E-state index contributed by atoms with van der Waals surface area (Å²) in [5.74, 6) is 0.990. The first-order chi connectivity index (χ1) is 4.41. The summed E-state index contributed by atoms with van der Waals surface area (Å²) >= 11 is 1.73. The van der Waals surface area contributed by atoms with E-state index in [1.165, 1.54) is 12.8 Å². The fourth-order valence-electron chi connectivity index (χ4n) is 0.444. The molecule has 2 nitrogen and oxygen atoms in total. The van der Waals surface area contributed by atoms with Crippen LogP contribution >= 0.6 is 11.9 Å². The summed E-state index contributed by atoms with van der Waals surface area (Å²) in [6.07, 6.45) is 2.55. The molecule has 0 amide bonds. The molecule has 0 aromatic heterocycles. The Morgan fingerprint density at radius 2 is 2.22 bits per heavy atom. The largest absolute Gasteiger partial charge is 0.310 e. The summed E-state index contributed by atoms with van der Waals surface area (Å²) in [7, 11) is 1.95. The van der Waals surface area contributed by atoms with E-state index >= 15 is 0 Å². The highest BCUT2D eigenvalue weighted by atomic mass is 32.2. The standard InChI is InChI=1S/C6H16N2S/c1-3-4-5-8-9-6-7-2/h7-8H,3-6H2,1-2H3. The van der Waals surface area contributed by atoms with Crippen LogP contribution in [0.1, 0.15) is 19.8 Å². The van der Waals surface area contributed by atoms with Crippen LogP contribution in [0.3, 0.4) is 0 Å². The van der Waals surface area contributed by atoms with E-state index in [4.69, 9.17) is 0 Å². The normalized spacial score (nSPS) is 10.0. The Morgan fingerprint density at radius 1 is 1.44 bits per heavy atom. The fourth-order valence-corrected chi connectivity index (χ4v) is 0.979. The van der Waals surface area contributed by atoms with Gasteiger partial charge in [0.05, 0.1) is 5.88 Å². The minimum absolute atomic E-state index is 0.990. The van der Waals surface area contributed by atoms with Gasteiger partial charge in [0.15, 0.2) is 0 Å². The first kappa shape index (κ1) is 9.27. The zero-order valence-electron chi connectivity index (χ0n) is 6.24. The zero-order valence-corrected chi connectivity index (χ0v) is 7.05. The first-order valence-corrected chi connectivity index (χ1v) is 4.39. The lowest BCUT2D eigenvalue weighted by Gasteiger charge is -2.00. The quantitative estimate of drug-likeness (QED) is 0.336. The van der Waals surface area contributed by atoms with Gasteiger partial charge in [-0.25, -0.2) is 0 Å². The van der Waals surface area contributed by atoms with Crippen molar-refractivity contribution in [1.82, 2.24) is 10.0 Å². The van der Waals surface area contributed by atoms with Gasteiger partial charge >= 0.3 is 0 Å². The monoisotopic (exact) mass is 148 g/mol. The van der Waals surface area contributed by atoms with Crippen LogP contribution in [-0.4, -0.2) is 19.5 Å². The highest BCUT2D eigenvalue weighted by Gasteiger charge is 1.83. The SMILES string of the molecule is CCCCNSCNC. The smallest absolute Gasteiger partial charge is 0.0563 e. The van der Waals surface area contributed by atoms with Gasteiger partial charge in [-0.1, -0.05) is 25.3 Å². The van der Waals surface area contributed by atoms with Crippen molar-refractivity contribution in [2.24, 2.45) is 0 Å². The van der Waals surface area contributed by atoms with Crippen LogP contribution in [0.2, 0.25) is 0 Å². The number of hydrogen-bond donors (Lipinski definition) is 2.